The van der Waals surface area contributed by atoms with Gasteiger partial charge in [-0.2, -0.15) is 0 Å². The van der Waals surface area contributed by atoms with Crippen molar-refractivity contribution in [3.63, 3.8) is 0 Å². The van der Waals surface area contributed by atoms with Gasteiger partial charge in [0.1, 0.15) is 0 Å². The van der Waals surface area contributed by atoms with Crippen LogP contribution in [-0.2, 0) is 22.0 Å². The van der Waals surface area contributed by atoms with Crippen LogP contribution in [0.2, 0.25) is 0 Å². The van der Waals surface area contributed by atoms with Gasteiger partial charge in [0.15, 0.2) is 0 Å². The lowest BCUT2D eigenvalue weighted by Gasteiger charge is -1.43. The van der Waals surface area contributed by atoms with Crippen LogP contribution in [0.15, 0.2) is 0 Å². The van der Waals surface area contributed by atoms with Crippen molar-refractivity contribution >= 4 is 22.0 Å². The lowest BCUT2D eigenvalue weighted by Crippen LogP contribution is -1.58. The van der Waals surface area contributed by atoms with Gasteiger partial charge in [0.25, 0.3) is 22.0 Å². The van der Waals surface area contributed by atoms with Gasteiger partial charge in [0.2, 0.25) is 0 Å². The summed E-state index contributed by atoms with van der Waals surface area (Å²) in [6.07, 6.45) is 0. The topological polar surface area (TPSA) is 140 Å². The zero-order valence-corrected chi connectivity index (χ0v) is 5.71. The Hall–Kier alpha value is -0.220. The van der Waals surface area contributed by atoms with E-state index in [1.54, 1.807) is 0 Å². The summed E-state index contributed by atoms with van der Waals surface area (Å²) in [7, 11) is -6.24. The molecule has 0 aromatic rings. The van der Waals surface area contributed by atoms with Crippen LogP contribution in [0.3, 0.4) is 0 Å². The van der Waals surface area contributed by atoms with E-state index >= 15 is 0 Å². The van der Waals surface area contributed by atoms with Crippen LogP contribution in [0.4, 0.5) is 0 Å². The fourth-order valence-electron chi connectivity index (χ4n) is 0. The number of rotatable bonds is 0. The lowest BCUT2D eigenvalue weighted by atomic mass is 15.9. The van der Waals surface area contributed by atoms with Crippen molar-refractivity contribution < 1.29 is 31.4 Å². The molecule has 0 amide bonds. The Morgan fingerprint density at radius 1 is 0.778 bits per heavy atom. The molecule has 4 N–H and O–H groups in total. The van der Waals surface area contributed by atoms with Gasteiger partial charge >= 0.3 is 0 Å². The Morgan fingerprint density at radius 3 is 0.778 bits per heavy atom. The summed E-state index contributed by atoms with van der Waals surface area (Å²) >= 11 is 0. The molecule has 0 fully saturated rings. The molecule has 0 unspecified atom stereocenters. The molecule has 0 heterocycles. The third kappa shape index (κ3) is 5370. The molecule has 0 radical (unpaired) electrons. The minimum atomic E-state index is -3.12. The molecule has 0 atom stereocenters. The molecule has 60 valence electrons. The summed E-state index contributed by atoms with van der Waals surface area (Å²) in [6.45, 7) is 0. The van der Waals surface area contributed by atoms with Crippen LogP contribution >= 0.6 is 0 Å². The first-order valence-electron chi connectivity index (χ1n) is 1.13. The Labute approximate surface area is 54.2 Å². The smallest absolute Gasteiger partial charge is 0.254 e. The number of hydrogen-bond donors (Lipinski definition) is 4. The first-order valence-corrected chi connectivity index (χ1v) is 3.39. The second-order valence-corrected chi connectivity index (χ2v) is 1.43. The molecule has 0 aliphatic carbocycles. The Balaban J connectivity index is -0.0000000720. The van der Waals surface area contributed by atoms with E-state index in [1.807, 2.05) is 0 Å². The van der Waals surface area contributed by atoms with E-state index in [4.69, 9.17) is 25.9 Å². The van der Waals surface area contributed by atoms with Crippen LogP contribution in [0, 0.1) is 0 Å². The van der Waals surface area contributed by atoms with Crippen molar-refractivity contribution in [1.29, 1.82) is 0 Å². The summed E-state index contributed by atoms with van der Waals surface area (Å²) in [5.74, 6) is 0. The standard InChI is InChI=1S/2H2O3S.H2O/c2*1-4(2)3;/h2*4H,(H,1,2,3);1H2. The summed E-state index contributed by atoms with van der Waals surface area (Å²) in [5.41, 5.74) is 0. The van der Waals surface area contributed by atoms with Crippen molar-refractivity contribution in [2.24, 2.45) is 0 Å². The Bertz CT molecular complexity index is 124. The second kappa shape index (κ2) is 10.7. The lowest BCUT2D eigenvalue weighted by molar-refractivity contribution is 0.507. The normalized spacial score (nSPS) is 7.56. The number of hydrogen-bond acceptors (Lipinski definition) is 4. The predicted octanol–water partition coefficient (Wildman–Crippen LogP) is -2.68. The minimum absolute atomic E-state index is 0. The second-order valence-electron chi connectivity index (χ2n) is 0.476. The van der Waals surface area contributed by atoms with E-state index in [-0.39, 0.29) is 5.48 Å². The molecule has 0 bridgehead atoms. The fourth-order valence-corrected chi connectivity index (χ4v) is 0. The van der Waals surface area contributed by atoms with Crippen LogP contribution in [0.25, 0.3) is 0 Å². The van der Waals surface area contributed by atoms with E-state index in [9.17, 15) is 0 Å². The van der Waals surface area contributed by atoms with Crippen LogP contribution in [-0.4, -0.2) is 31.4 Å². The average Bonchev–Trinajstić information content (AvgIpc) is 1.25. The Morgan fingerprint density at radius 2 is 0.778 bits per heavy atom. The molecule has 0 saturated carbocycles. The molecule has 7 nitrogen and oxygen atoms in total. The van der Waals surface area contributed by atoms with E-state index in [0.29, 0.717) is 0 Å². The van der Waals surface area contributed by atoms with Crippen molar-refractivity contribution in [3.8, 4) is 0 Å². The first-order chi connectivity index (χ1) is 3.46. The van der Waals surface area contributed by atoms with Gasteiger partial charge in [-0.15, -0.1) is 0 Å². The third-order valence-corrected chi connectivity index (χ3v) is 0. The highest BCUT2D eigenvalue weighted by Crippen LogP contribution is 1.27. The summed E-state index contributed by atoms with van der Waals surface area (Å²) < 4.78 is 48.4. The maximum Gasteiger partial charge on any atom is 0.254 e. The average molecular weight is 182 g/mol. The van der Waals surface area contributed by atoms with Gasteiger partial charge in [-0.1, -0.05) is 0 Å². The van der Waals surface area contributed by atoms with Crippen LogP contribution < -0.4 is 0 Å². The molecular formula is H6O7S2. The zero-order chi connectivity index (χ0) is 7.15. The highest BCUT2D eigenvalue weighted by molar-refractivity contribution is 7.66. The zero-order valence-electron chi connectivity index (χ0n) is 3.92. The van der Waals surface area contributed by atoms with Gasteiger partial charge in [-0.05, 0) is 0 Å². The maximum atomic E-state index is 8.59. The van der Waals surface area contributed by atoms with E-state index < -0.39 is 22.0 Å². The van der Waals surface area contributed by atoms with Crippen LogP contribution in [0.1, 0.15) is 0 Å². The van der Waals surface area contributed by atoms with Gasteiger partial charge in [0, 0.05) is 0 Å². The summed E-state index contributed by atoms with van der Waals surface area (Å²) in [5, 5.41) is 0. The van der Waals surface area contributed by atoms with Gasteiger partial charge in [-0.3, -0.25) is 9.11 Å². The quantitative estimate of drug-likeness (QED) is 0.237. The third-order valence-electron chi connectivity index (χ3n) is 0. The largest absolute Gasteiger partial charge is 0.412 e. The molecular weight excluding hydrogens is 176 g/mol. The minimum Gasteiger partial charge on any atom is -0.412 e. The predicted molar refractivity (Wildman–Crippen MR) is 29.5 cm³/mol. The number of thiol groups is 2. The Kier molecular flexibility index (Phi) is 18.9. The van der Waals surface area contributed by atoms with Crippen molar-refractivity contribution in [3.05, 3.63) is 0 Å². The van der Waals surface area contributed by atoms with Gasteiger partial charge in [0.05, 0.1) is 0 Å². The van der Waals surface area contributed by atoms with Crippen molar-refractivity contribution in [2.45, 2.75) is 0 Å². The summed E-state index contributed by atoms with van der Waals surface area (Å²) in [4.78, 5) is 0. The highest BCUT2D eigenvalue weighted by atomic mass is 32.2. The monoisotopic (exact) mass is 182 g/mol. The first kappa shape index (κ1) is 15.9. The van der Waals surface area contributed by atoms with Crippen molar-refractivity contribution in [2.75, 3.05) is 0 Å². The molecule has 0 aromatic heterocycles. The molecule has 0 aliphatic rings. The van der Waals surface area contributed by atoms with Gasteiger partial charge < -0.3 is 5.48 Å². The molecule has 0 saturated heterocycles. The van der Waals surface area contributed by atoms with Crippen molar-refractivity contribution in [1.82, 2.24) is 0 Å². The SMILES string of the molecule is O.O=[SH](=O)O.O=[SH](=O)O. The summed E-state index contributed by atoms with van der Waals surface area (Å²) in [6, 6.07) is 0. The van der Waals surface area contributed by atoms with Gasteiger partial charge in [-0.25, -0.2) is 16.8 Å². The molecule has 0 spiro atoms. The molecule has 0 aliphatic heterocycles. The molecule has 0 rings (SSSR count). The molecule has 9 heavy (non-hydrogen) atoms. The molecule has 9 heteroatoms. The van der Waals surface area contributed by atoms with E-state index in [2.05, 4.69) is 0 Å². The van der Waals surface area contributed by atoms with E-state index in [0.717, 1.165) is 0 Å². The van der Waals surface area contributed by atoms with Crippen LogP contribution in [0.5, 0.6) is 0 Å². The highest BCUT2D eigenvalue weighted by Gasteiger charge is 1.45. The fraction of sp³-hybridized carbons (Fsp3) is 0. The van der Waals surface area contributed by atoms with E-state index in [1.165, 1.54) is 0 Å². The maximum absolute atomic E-state index is 8.59. The molecule has 0 aromatic carbocycles.